The lowest BCUT2D eigenvalue weighted by Crippen LogP contribution is -2.29. The second-order valence-corrected chi connectivity index (χ2v) is 5.46. The molecule has 1 aliphatic heterocycles. The molecule has 3 nitrogen and oxygen atoms in total. The molecule has 0 saturated heterocycles. The van der Waals surface area contributed by atoms with Crippen molar-refractivity contribution in [1.29, 1.82) is 0 Å². The molecule has 2 aromatic carbocycles. The number of fused-ring (bicyclic) bond motifs is 1. The van der Waals surface area contributed by atoms with Gasteiger partial charge in [0.2, 0.25) is 0 Å². The van der Waals surface area contributed by atoms with Gasteiger partial charge >= 0.3 is 0 Å². The SMILES string of the molecule is Cc1ccc(F)cc1CC(NN)c1ccc2c(c1)CCO2. The summed E-state index contributed by atoms with van der Waals surface area (Å²) in [6.45, 7) is 2.72. The van der Waals surface area contributed by atoms with Crippen LogP contribution in [0.2, 0.25) is 0 Å². The number of hydrogen-bond donors (Lipinski definition) is 2. The van der Waals surface area contributed by atoms with E-state index in [9.17, 15) is 4.39 Å². The van der Waals surface area contributed by atoms with Crippen LogP contribution in [0.1, 0.15) is 28.3 Å². The minimum Gasteiger partial charge on any atom is -0.493 e. The van der Waals surface area contributed by atoms with Gasteiger partial charge in [0.05, 0.1) is 12.6 Å². The average molecular weight is 286 g/mol. The molecule has 21 heavy (non-hydrogen) atoms. The van der Waals surface area contributed by atoms with E-state index in [1.165, 1.54) is 11.6 Å². The summed E-state index contributed by atoms with van der Waals surface area (Å²) in [7, 11) is 0. The normalized spacial score (nSPS) is 14.6. The molecule has 0 aliphatic carbocycles. The largest absolute Gasteiger partial charge is 0.493 e. The minimum atomic E-state index is -0.214. The maximum Gasteiger partial charge on any atom is 0.123 e. The average Bonchev–Trinajstić information content (AvgIpc) is 2.95. The Morgan fingerprint density at radius 2 is 2.14 bits per heavy atom. The first-order chi connectivity index (χ1) is 10.2. The Morgan fingerprint density at radius 3 is 2.95 bits per heavy atom. The smallest absolute Gasteiger partial charge is 0.123 e. The maximum atomic E-state index is 13.4. The summed E-state index contributed by atoms with van der Waals surface area (Å²) in [5.74, 6) is 6.45. The molecule has 4 heteroatoms. The van der Waals surface area contributed by atoms with E-state index in [2.05, 4.69) is 11.5 Å². The van der Waals surface area contributed by atoms with Crippen LogP contribution < -0.4 is 16.0 Å². The van der Waals surface area contributed by atoms with Gasteiger partial charge in [-0.2, -0.15) is 0 Å². The maximum absolute atomic E-state index is 13.4. The standard InChI is InChI=1S/C17H19FN2O/c1-11-2-4-15(18)9-14(11)10-16(20-19)12-3-5-17-13(8-12)6-7-21-17/h2-5,8-9,16,20H,6-7,10,19H2,1H3. The third kappa shape index (κ3) is 2.91. The van der Waals surface area contributed by atoms with Crippen molar-refractivity contribution in [2.45, 2.75) is 25.8 Å². The van der Waals surface area contributed by atoms with Crippen LogP contribution in [0.3, 0.4) is 0 Å². The van der Waals surface area contributed by atoms with Gasteiger partial charge in [-0.3, -0.25) is 11.3 Å². The van der Waals surface area contributed by atoms with E-state index in [1.807, 2.05) is 19.1 Å². The molecule has 0 bridgehead atoms. The molecule has 0 radical (unpaired) electrons. The number of ether oxygens (including phenoxy) is 1. The Bertz CT molecular complexity index is 657. The fraction of sp³-hybridized carbons (Fsp3) is 0.294. The number of nitrogens with two attached hydrogens (primary N) is 1. The third-order valence-corrected chi connectivity index (χ3v) is 4.05. The van der Waals surface area contributed by atoms with E-state index >= 15 is 0 Å². The van der Waals surface area contributed by atoms with E-state index in [-0.39, 0.29) is 11.9 Å². The second kappa shape index (κ2) is 5.84. The second-order valence-electron chi connectivity index (χ2n) is 5.46. The van der Waals surface area contributed by atoms with Gasteiger partial charge in [-0.15, -0.1) is 0 Å². The van der Waals surface area contributed by atoms with Gasteiger partial charge in [0.25, 0.3) is 0 Å². The summed E-state index contributed by atoms with van der Waals surface area (Å²) >= 11 is 0. The van der Waals surface area contributed by atoms with Crippen LogP contribution in [0.5, 0.6) is 5.75 Å². The number of aryl methyl sites for hydroxylation is 1. The summed E-state index contributed by atoms with van der Waals surface area (Å²) in [6, 6.07) is 10.9. The van der Waals surface area contributed by atoms with E-state index in [4.69, 9.17) is 10.6 Å². The van der Waals surface area contributed by atoms with Crippen LogP contribution in [0.4, 0.5) is 4.39 Å². The molecule has 0 saturated carbocycles. The highest BCUT2D eigenvalue weighted by molar-refractivity contribution is 5.41. The van der Waals surface area contributed by atoms with Crippen LogP contribution in [-0.4, -0.2) is 6.61 Å². The predicted molar refractivity (Wildman–Crippen MR) is 80.5 cm³/mol. The topological polar surface area (TPSA) is 47.3 Å². The number of rotatable bonds is 4. The van der Waals surface area contributed by atoms with Crippen LogP contribution in [0, 0.1) is 12.7 Å². The van der Waals surface area contributed by atoms with Gasteiger partial charge in [0.1, 0.15) is 11.6 Å². The summed E-state index contributed by atoms with van der Waals surface area (Å²) in [4.78, 5) is 0. The molecule has 2 aromatic rings. The van der Waals surface area contributed by atoms with Crippen molar-refractivity contribution in [1.82, 2.24) is 5.43 Å². The van der Waals surface area contributed by atoms with Gasteiger partial charge in [-0.25, -0.2) is 4.39 Å². The van der Waals surface area contributed by atoms with Gasteiger partial charge in [0.15, 0.2) is 0 Å². The van der Waals surface area contributed by atoms with Crippen molar-refractivity contribution < 1.29 is 9.13 Å². The predicted octanol–water partition coefficient (Wildman–Crippen LogP) is 2.82. The Kier molecular flexibility index (Phi) is 3.90. The highest BCUT2D eigenvalue weighted by atomic mass is 19.1. The molecule has 3 N–H and O–H groups in total. The Labute approximate surface area is 123 Å². The molecule has 3 rings (SSSR count). The molecule has 1 aliphatic rings. The number of hydrazine groups is 1. The number of halogens is 1. The highest BCUT2D eigenvalue weighted by Gasteiger charge is 2.17. The van der Waals surface area contributed by atoms with Crippen LogP contribution in [0.25, 0.3) is 0 Å². The molecule has 0 fully saturated rings. The van der Waals surface area contributed by atoms with Crippen molar-refractivity contribution in [3.05, 3.63) is 64.5 Å². The lowest BCUT2D eigenvalue weighted by atomic mass is 9.95. The zero-order chi connectivity index (χ0) is 14.8. The minimum absolute atomic E-state index is 0.0450. The zero-order valence-electron chi connectivity index (χ0n) is 12.0. The summed E-state index contributed by atoms with van der Waals surface area (Å²) in [5.41, 5.74) is 7.19. The van der Waals surface area contributed by atoms with Gasteiger partial charge in [-0.05, 0) is 53.8 Å². The van der Waals surface area contributed by atoms with E-state index < -0.39 is 0 Å². The highest BCUT2D eigenvalue weighted by Crippen LogP contribution is 2.29. The lowest BCUT2D eigenvalue weighted by molar-refractivity contribution is 0.356. The molecular weight excluding hydrogens is 267 g/mol. The molecule has 0 aromatic heterocycles. The first-order valence-electron chi connectivity index (χ1n) is 7.14. The first kappa shape index (κ1) is 14.0. The van der Waals surface area contributed by atoms with Gasteiger partial charge in [0, 0.05) is 6.42 Å². The molecule has 1 unspecified atom stereocenters. The summed E-state index contributed by atoms with van der Waals surface area (Å²) < 4.78 is 18.9. The molecule has 0 spiro atoms. The molecule has 0 amide bonds. The summed E-state index contributed by atoms with van der Waals surface area (Å²) in [5, 5.41) is 0. The van der Waals surface area contributed by atoms with E-state index in [0.29, 0.717) is 6.42 Å². The monoisotopic (exact) mass is 286 g/mol. The Hall–Kier alpha value is -1.91. The number of nitrogens with one attached hydrogen (secondary N) is 1. The molecular formula is C17H19FN2O. The number of benzene rings is 2. The number of hydrogen-bond acceptors (Lipinski definition) is 3. The third-order valence-electron chi connectivity index (χ3n) is 4.05. The van der Waals surface area contributed by atoms with Crippen LogP contribution in [-0.2, 0) is 12.8 Å². The Balaban J connectivity index is 1.86. The van der Waals surface area contributed by atoms with Crippen LogP contribution >= 0.6 is 0 Å². The van der Waals surface area contributed by atoms with Crippen molar-refractivity contribution >= 4 is 0 Å². The van der Waals surface area contributed by atoms with Crippen molar-refractivity contribution in [3.8, 4) is 5.75 Å². The fourth-order valence-corrected chi connectivity index (χ4v) is 2.78. The van der Waals surface area contributed by atoms with Gasteiger partial charge < -0.3 is 4.74 Å². The van der Waals surface area contributed by atoms with E-state index in [1.54, 1.807) is 12.1 Å². The quantitative estimate of drug-likeness (QED) is 0.671. The first-order valence-corrected chi connectivity index (χ1v) is 7.14. The van der Waals surface area contributed by atoms with Crippen molar-refractivity contribution in [3.63, 3.8) is 0 Å². The van der Waals surface area contributed by atoms with E-state index in [0.717, 1.165) is 35.5 Å². The lowest BCUT2D eigenvalue weighted by Gasteiger charge is -2.18. The van der Waals surface area contributed by atoms with Crippen LogP contribution in [0.15, 0.2) is 36.4 Å². The Morgan fingerprint density at radius 1 is 1.29 bits per heavy atom. The zero-order valence-corrected chi connectivity index (χ0v) is 12.0. The fourth-order valence-electron chi connectivity index (χ4n) is 2.78. The molecule has 1 atom stereocenters. The van der Waals surface area contributed by atoms with Crippen molar-refractivity contribution in [2.24, 2.45) is 5.84 Å². The van der Waals surface area contributed by atoms with Crippen molar-refractivity contribution in [2.75, 3.05) is 6.61 Å². The van der Waals surface area contributed by atoms with Gasteiger partial charge in [-0.1, -0.05) is 18.2 Å². The molecule has 110 valence electrons. The summed E-state index contributed by atoms with van der Waals surface area (Å²) in [6.07, 6.45) is 1.58. The molecule has 1 heterocycles.